The van der Waals surface area contributed by atoms with E-state index in [-0.39, 0.29) is 43.3 Å². The van der Waals surface area contributed by atoms with Gasteiger partial charge in [0.2, 0.25) is 0 Å². The predicted octanol–water partition coefficient (Wildman–Crippen LogP) is 14.4. The third-order valence-electron chi connectivity index (χ3n) is 12.5. The van der Waals surface area contributed by atoms with Crippen LogP contribution in [0.15, 0.2) is 94.5 Å². The number of fused-ring (bicyclic) bond motifs is 4. The summed E-state index contributed by atoms with van der Waals surface area (Å²) in [6.45, 7) is 41.0. The predicted molar refractivity (Wildman–Crippen MR) is 260 cm³/mol. The van der Waals surface area contributed by atoms with Crippen molar-refractivity contribution in [1.82, 2.24) is 9.13 Å². The maximum absolute atomic E-state index is 15.2. The van der Waals surface area contributed by atoms with Crippen molar-refractivity contribution in [3.63, 3.8) is 0 Å². The van der Waals surface area contributed by atoms with Gasteiger partial charge in [-0.15, -0.1) is 0 Å². The lowest BCUT2D eigenvalue weighted by Crippen LogP contribution is -2.26. The average Bonchev–Trinajstić information content (AvgIpc) is 3.12. The molecule has 0 bridgehead atoms. The molecule has 0 unspecified atom stereocenters. The van der Waals surface area contributed by atoms with Gasteiger partial charge in [0.1, 0.15) is 0 Å². The van der Waals surface area contributed by atoms with E-state index in [2.05, 4.69) is 170 Å². The fourth-order valence-corrected chi connectivity index (χ4v) is 8.97. The quantitative estimate of drug-likeness (QED) is 0.164. The van der Waals surface area contributed by atoms with Crippen LogP contribution >= 0.6 is 0 Å². The number of hydrogen-bond donors (Lipinski definition) is 0. The highest BCUT2D eigenvalue weighted by atomic mass is 16.1. The summed E-state index contributed by atoms with van der Waals surface area (Å²) >= 11 is 0. The Labute approximate surface area is 358 Å². The molecule has 0 amide bonds. The van der Waals surface area contributed by atoms with E-state index in [1.807, 2.05) is 48.5 Å². The molecule has 2 aromatic heterocycles. The minimum absolute atomic E-state index is 0.0398. The number of para-hydroxylation sites is 2. The summed E-state index contributed by atoms with van der Waals surface area (Å²) in [5, 5.41) is 2.48. The minimum Gasteiger partial charge on any atom is -0.308 e. The van der Waals surface area contributed by atoms with Crippen LogP contribution in [0.4, 0.5) is 0 Å². The monoisotopic (exact) mass is 801 g/mol. The molecule has 4 heteroatoms. The molecule has 0 radical (unpaired) electrons. The van der Waals surface area contributed by atoms with Crippen molar-refractivity contribution in [2.45, 2.75) is 157 Å². The number of nitrogens with zero attached hydrogens (tertiary/aromatic N) is 2. The fraction of sp³-hybridized carbons (Fsp3) is 0.429. The highest BCUT2D eigenvalue weighted by molar-refractivity contribution is 6.05. The van der Waals surface area contributed by atoms with Gasteiger partial charge in [-0.3, -0.25) is 9.59 Å². The highest BCUT2D eigenvalue weighted by Crippen LogP contribution is 2.45. The molecule has 4 nitrogen and oxygen atoms in total. The Morgan fingerprint density at radius 3 is 0.833 bits per heavy atom. The second kappa shape index (κ2) is 13.8. The van der Waals surface area contributed by atoms with E-state index in [0.717, 1.165) is 33.4 Å². The van der Waals surface area contributed by atoms with Crippen molar-refractivity contribution >= 4 is 43.6 Å². The Bertz CT molecular complexity index is 2720. The molecule has 0 fully saturated rings. The highest BCUT2D eigenvalue weighted by Gasteiger charge is 2.34. The van der Waals surface area contributed by atoms with Crippen LogP contribution in [0.25, 0.3) is 55.0 Å². The van der Waals surface area contributed by atoms with Gasteiger partial charge in [0.25, 0.3) is 0 Å². The maximum atomic E-state index is 15.2. The summed E-state index contributed by atoms with van der Waals surface area (Å²) in [7, 11) is 0. The van der Waals surface area contributed by atoms with E-state index in [0.29, 0.717) is 21.5 Å². The van der Waals surface area contributed by atoms with E-state index >= 15 is 9.59 Å². The lowest BCUT2D eigenvalue weighted by Gasteiger charge is -2.35. The maximum Gasteiger partial charge on any atom is 0.197 e. The molecule has 0 saturated carbocycles. The third-order valence-corrected chi connectivity index (χ3v) is 12.5. The molecule has 7 rings (SSSR count). The number of benzene rings is 5. The molecule has 0 aliphatic heterocycles. The molecule has 0 atom stereocenters. The van der Waals surface area contributed by atoms with E-state index in [1.54, 1.807) is 0 Å². The van der Waals surface area contributed by atoms with E-state index < -0.39 is 0 Å². The lowest BCUT2D eigenvalue weighted by atomic mass is 9.74. The van der Waals surface area contributed by atoms with Crippen molar-refractivity contribution < 1.29 is 0 Å². The van der Waals surface area contributed by atoms with Gasteiger partial charge in [0.15, 0.2) is 10.9 Å². The van der Waals surface area contributed by atoms with Crippen molar-refractivity contribution in [2.24, 2.45) is 0 Å². The van der Waals surface area contributed by atoms with Gasteiger partial charge in [0.05, 0.1) is 33.4 Å². The van der Waals surface area contributed by atoms with Gasteiger partial charge in [0, 0.05) is 21.5 Å². The molecule has 0 spiro atoms. The minimum atomic E-state index is -0.251. The van der Waals surface area contributed by atoms with Crippen LogP contribution in [0, 0.1) is 0 Å². The van der Waals surface area contributed by atoms with Crippen molar-refractivity contribution in [3.05, 3.63) is 139 Å². The summed E-state index contributed by atoms with van der Waals surface area (Å²) in [6.07, 6.45) is 0. The number of aromatic nitrogens is 2. The molecule has 60 heavy (non-hydrogen) atoms. The van der Waals surface area contributed by atoms with Gasteiger partial charge in [-0.2, -0.15) is 0 Å². The first kappa shape index (κ1) is 43.1. The largest absolute Gasteiger partial charge is 0.308 e. The summed E-state index contributed by atoms with van der Waals surface area (Å²) in [6, 6.07) is 29.6. The smallest absolute Gasteiger partial charge is 0.197 e. The standard InChI is InChI=1S/C56H68N2O2/c1-51(2,3)33-27-39(53(7,8)9)47(40(28-33)54(10,11)12)57-43-25-21-19-23-35(43)49(59)37-32-46-38(31-45(37)57)50(60)36-24-20-22-26-44(36)58(46)48-41(55(13,14)15)29-34(52(4,5)6)30-42(48)56(16,17)18/h19-32H,1-18H3. The van der Waals surface area contributed by atoms with Crippen LogP contribution in [-0.2, 0) is 32.5 Å². The van der Waals surface area contributed by atoms with E-state index in [1.165, 1.54) is 33.4 Å². The molecule has 314 valence electrons. The molecule has 0 aliphatic carbocycles. The van der Waals surface area contributed by atoms with Crippen LogP contribution in [0.3, 0.4) is 0 Å². The van der Waals surface area contributed by atoms with Crippen molar-refractivity contribution in [2.75, 3.05) is 0 Å². The van der Waals surface area contributed by atoms with Crippen LogP contribution in [0.2, 0.25) is 0 Å². The SMILES string of the molecule is CC(C)(C)c1cc(C(C)(C)C)c(-n2c3ccccc3c(=O)c3cc4c(cc32)c(=O)c2ccccc2n4-c2c(C(C)(C)C)cc(C(C)(C)C)cc2C(C)(C)C)c(C(C)(C)C)c1. The normalized spacial score (nSPS) is 13.6. The molecule has 7 aromatic rings. The van der Waals surface area contributed by atoms with Crippen LogP contribution < -0.4 is 10.9 Å². The Balaban J connectivity index is 1.81. The summed E-state index contributed by atoms with van der Waals surface area (Å²) < 4.78 is 4.63. The summed E-state index contributed by atoms with van der Waals surface area (Å²) in [5.74, 6) is 0. The van der Waals surface area contributed by atoms with Crippen LogP contribution in [-0.4, -0.2) is 9.13 Å². The van der Waals surface area contributed by atoms with Gasteiger partial charge in [-0.05, 0) is 102 Å². The van der Waals surface area contributed by atoms with Crippen LogP contribution in [0.5, 0.6) is 0 Å². The number of rotatable bonds is 2. The molecule has 0 saturated heterocycles. The molecule has 0 N–H and O–H groups in total. The first-order chi connectivity index (χ1) is 27.4. The first-order valence-corrected chi connectivity index (χ1v) is 21.9. The van der Waals surface area contributed by atoms with E-state index in [9.17, 15) is 0 Å². The van der Waals surface area contributed by atoms with Crippen molar-refractivity contribution in [1.29, 1.82) is 0 Å². The molecular weight excluding hydrogens is 733 g/mol. The topological polar surface area (TPSA) is 44.0 Å². The van der Waals surface area contributed by atoms with Gasteiger partial charge in [-0.25, -0.2) is 0 Å². The van der Waals surface area contributed by atoms with Gasteiger partial charge < -0.3 is 9.13 Å². The molecule has 2 heterocycles. The first-order valence-electron chi connectivity index (χ1n) is 21.9. The Morgan fingerprint density at radius 1 is 0.317 bits per heavy atom. The molecule has 5 aromatic carbocycles. The zero-order valence-corrected chi connectivity index (χ0v) is 39.8. The zero-order valence-electron chi connectivity index (χ0n) is 39.8. The summed E-state index contributed by atoms with van der Waals surface area (Å²) in [5.41, 5.74) is 11.4. The zero-order chi connectivity index (χ0) is 44.4. The Kier molecular flexibility index (Phi) is 9.91. The molecular formula is C56H68N2O2. The fourth-order valence-electron chi connectivity index (χ4n) is 8.97. The molecule has 0 aliphatic rings. The van der Waals surface area contributed by atoms with E-state index in [4.69, 9.17) is 0 Å². The average molecular weight is 801 g/mol. The second-order valence-corrected chi connectivity index (χ2v) is 23.6. The lowest BCUT2D eigenvalue weighted by molar-refractivity contribution is 0.544. The Morgan fingerprint density at radius 2 is 0.583 bits per heavy atom. The van der Waals surface area contributed by atoms with Gasteiger partial charge in [-0.1, -0.05) is 173 Å². The van der Waals surface area contributed by atoms with Crippen molar-refractivity contribution in [3.8, 4) is 11.4 Å². The van der Waals surface area contributed by atoms with Gasteiger partial charge >= 0.3 is 0 Å². The second-order valence-electron chi connectivity index (χ2n) is 23.6. The Hall–Kier alpha value is -4.96. The third kappa shape index (κ3) is 7.22. The van der Waals surface area contributed by atoms with Crippen LogP contribution in [0.1, 0.15) is 158 Å². The number of pyridine rings is 2. The number of hydrogen-bond acceptors (Lipinski definition) is 2. The summed E-state index contributed by atoms with van der Waals surface area (Å²) in [4.78, 5) is 30.3.